The van der Waals surface area contributed by atoms with Crippen molar-refractivity contribution in [2.75, 3.05) is 19.7 Å². The molecule has 0 saturated carbocycles. The van der Waals surface area contributed by atoms with Gasteiger partial charge in [0, 0.05) is 12.0 Å². The third-order valence-corrected chi connectivity index (χ3v) is 3.53. The van der Waals surface area contributed by atoms with E-state index in [1.807, 2.05) is 0 Å². The molecule has 16 heavy (non-hydrogen) atoms. The maximum Gasteiger partial charge on any atom is 0.0503 e. The molecule has 1 aromatic carbocycles. The van der Waals surface area contributed by atoms with Crippen LogP contribution < -0.4 is 5.32 Å². The Bertz CT molecular complexity index is 347. The summed E-state index contributed by atoms with van der Waals surface area (Å²) in [6, 6.07) is 6.67. The van der Waals surface area contributed by atoms with Gasteiger partial charge in [0.05, 0.1) is 6.61 Å². The van der Waals surface area contributed by atoms with Crippen molar-refractivity contribution >= 4 is 0 Å². The number of nitrogens with one attached hydrogen (secondary N) is 1. The first-order valence-corrected chi connectivity index (χ1v) is 6.02. The number of benzene rings is 1. The molecule has 1 saturated heterocycles. The van der Waals surface area contributed by atoms with Crippen molar-refractivity contribution in [1.29, 1.82) is 0 Å². The van der Waals surface area contributed by atoms with Crippen molar-refractivity contribution in [3.05, 3.63) is 34.9 Å². The van der Waals surface area contributed by atoms with Crippen LogP contribution in [0.15, 0.2) is 18.2 Å². The van der Waals surface area contributed by atoms with Gasteiger partial charge in [0.25, 0.3) is 0 Å². The topological polar surface area (TPSA) is 32.3 Å². The molecule has 88 valence electrons. The average Bonchev–Trinajstić information content (AvgIpc) is 2.65. The monoisotopic (exact) mass is 219 g/mol. The van der Waals surface area contributed by atoms with Crippen LogP contribution in [0.1, 0.15) is 23.1 Å². The fourth-order valence-electron chi connectivity index (χ4n) is 2.74. The van der Waals surface area contributed by atoms with Gasteiger partial charge in [-0.3, -0.25) is 0 Å². The van der Waals surface area contributed by atoms with Gasteiger partial charge in [0.15, 0.2) is 0 Å². The predicted molar refractivity (Wildman–Crippen MR) is 66.6 cm³/mol. The van der Waals surface area contributed by atoms with Crippen LogP contribution in [0.5, 0.6) is 0 Å². The maximum atomic E-state index is 9.58. The van der Waals surface area contributed by atoms with Crippen molar-refractivity contribution in [1.82, 2.24) is 5.32 Å². The SMILES string of the molecule is Cc1cc(C)cc(CC2(CO)CCNC2)c1. The summed E-state index contributed by atoms with van der Waals surface area (Å²) in [5.74, 6) is 0. The van der Waals surface area contributed by atoms with Gasteiger partial charge in [0.1, 0.15) is 0 Å². The molecule has 2 N–H and O–H groups in total. The minimum Gasteiger partial charge on any atom is -0.396 e. The van der Waals surface area contributed by atoms with E-state index in [4.69, 9.17) is 0 Å². The van der Waals surface area contributed by atoms with Crippen LogP contribution in [-0.2, 0) is 6.42 Å². The van der Waals surface area contributed by atoms with Crippen LogP contribution >= 0.6 is 0 Å². The van der Waals surface area contributed by atoms with Crippen LogP contribution in [0.4, 0.5) is 0 Å². The number of aryl methyl sites for hydroxylation is 2. The summed E-state index contributed by atoms with van der Waals surface area (Å²) in [5, 5.41) is 12.9. The van der Waals surface area contributed by atoms with E-state index >= 15 is 0 Å². The summed E-state index contributed by atoms with van der Waals surface area (Å²) in [7, 11) is 0. The van der Waals surface area contributed by atoms with E-state index in [9.17, 15) is 5.11 Å². The lowest BCUT2D eigenvalue weighted by atomic mass is 9.81. The molecule has 1 unspecified atom stereocenters. The second-order valence-corrected chi connectivity index (χ2v) is 5.26. The normalized spacial score (nSPS) is 24.9. The van der Waals surface area contributed by atoms with E-state index in [1.165, 1.54) is 16.7 Å². The molecular weight excluding hydrogens is 198 g/mol. The van der Waals surface area contributed by atoms with Crippen LogP contribution in [0.25, 0.3) is 0 Å². The molecule has 0 radical (unpaired) electrons. The molecule has 0 aliphatic carbocycles. The summed E-state index contributed by atoms with van der Waals surface area (Å²) < 4.78 is 0. The highest BCUT2D eigenvalue weighted by molar-refractivity contribution is 5.29. The van der Waals surface area contributed by atoms with Gasteiger partial charge in [0.2, 0.25) is 0 Å². The van der Waals surface area contributed by atoms with Gasteiger partial charge in [-0.05, 0) is 38.8 Å². The van der Waals surface area contributed by atoms with Crippen molar-refractivity contribution in [3.8, 4) is 0 Å². The van der Waals surface area contributed by atoms with E-state index in [2.05, 4.69) is 37.4 Å². The van der Waals surface area contributed by atoms with Gasteiger partial charge in [-0.15, -0.1) is 0 Å². The summed E-state index contributed by atoms with van der Waals surface area (Å²) in [5.41, 5.74) is 4.05. The molecule has 0 bridgehead atoms. The van der Waals surface area contributed by atoms with Gasteiger partial charge >= 0.3 is 0 Å². The second kappa shape index (κ2) is 4.56. The smallest absolute Gasteiger partial charge is 0.0503 e. The summed E-state index contributed by atoms with van der Waals surface area (Å²) in [6.45, 7) is 6.53. The average molecular weight is 219 g/mol. The number of hydrogen-bond donors (Lipinski definition) is 2. The van der Waals surface area contributed by atoms with E-state index < -0.39 is 0 Å². The maximum absolute atomic E-state index is 9.58. The molecule has 0 spiro atoms. The van der Waals surface area contributed by atoms with Crippen molar-refractivity contribution < 1.29 is 5.11 Å². The molecule has 1 atom stereocenters. The number of aliphatic hydroxyl groups is 1. The molecule has 0 amide bonds. The fraction of sp³-hybridized carbons (Fsp3) is 0.571. The first kappa shape index (κ1) is 11.6. The molecular formula is C14H21NO. The molecule has 1 aromatic rings. The first-order chi connectivity index (χ1) is 7.63. The predicted octanol–water partition coefficient (Wildman–Crippen LogP) is 1.82. The van der Waals surface area contributed by atoms with Crippen LogP contribution in [0, 0.1) is 19.3 Å². The lowest BCUT2D eigenvalue weighted by Crippen LogP contribution is -2.30. The zero-order valence-corrected chi connectivity index (χ0v) is 10.2. The summed E-state index contributed by atoms with van der Waals surface area (Å²) >= 11 is 0. The number of hydrogen-bond acceptors (Lipinski definition) is 2. The Hall–Kier alpha value is -0.860. The molecule has 1 fully saturated rings. The third kappa shape index (κ3) is 2.45. The van der Waals surface area contributed by atoms with E-state index in [-0.39, 0.29) is 12.0 Å². The Morgan fingerprint density at radius 3 is 2.44 bits per heavy atom. The Labute approximate surface area is 97.7 Å². The van der Waals surface area contributed by atoms with Gasteiger partial charge in [-0.1, -0.05) is 29.3 Å². The van der Waals surface area contributed by atoms with E-state index in [0.29, 0.717) is 0 Å². The lowest BCUT2D eigenvalue weighted by Gasteiger charge is -2.26. The molecule has 1 aliphatic heterocycles. The zero-order valence-electron chi connectivity index (χ0n) is 10.2. The standard InChI is InChI=1S/C14H21NO/c1-11-5-12(2)7-13(6-11)8-14(10-16)3-4-15-9-14/h5-7,15-16H,3-4,8-10H2,1-2H3. The number of aliphatic hydroxyl groups excluding tert-OH is 1. The van der Waals surface area contributed by atoms with Gasteiger partial charge in [-0.2, -0.15) is 0 Å². The summed E-state index contributed by atoms with van der Waals surface area (Å²) in [4.78, 5) is 0. The van der Waals surface area contributed by atoms with Crippen LogP contribution in [0.2, 0.25) is 0 Å². The van der Waals surface area contributed by atoms with Crippen molar-refractivity contribution in [2.45, 2.75) is 26.7 Å². The summed E-state index contributed by atoms with van der Waals surface area (Å²) in [6.07, 6.45) is 2.06. The van der Waals surface area contributed by atoms with E-state index in [1.54, 1.807) is 0 Å². The third-order valence-electron chi connectivity index (χ3n) is 3.53. The molecule has 1 heterocycles. The highest BCUT2D eigenvalue weighted by Gasteiger charge is 2.33. The first-order valence-electron chi connectivity index (χ1n) is 6.02. The molecule has 2 nitrogen and oxygen atoms in total. The van der Waals surface area contributed by atoms with Gasteiger partial charge < -0.3 is 10.4 Å². The Kier molecular flexibility index (Phi) is 3.31. The molecule has 0 aromatic heterocycles. The van der Waals surface area contributed by atoms with Crippen LogP contribution in [-0.4, -0.2) is 24.8 Å². The van der Waals surface area contributed by atoms with Crippen molar-refractivity contribution in [3.63, 3.8) is 0 Å². The lowest BCUT2D eigenvalue weighted by molar-refractivity contribution is 0.143. The molecule has 1 aliphatic rings. The Balaban J connectivity index is 2.18. The quantitative estimate of drug-likeness (QED) is 0.812. The highest BCUT2D eigenvalue weighted by atomic mass is 16.3. The Morgan fingerprint density at radius 1 is 1.25 bits per heavy atom. The molecule has 2 heteroatoms. The highest BCUT2D eigenvalue weighted by Crippen LogP contribution is 2.30. The minimum absolute atomic E-state index is 0.0697. The zero-order chi connectivity index (χ0) is 11.6. The van der Waals surface area contributed by atoms with E-state index in [0.717, 1.165) is 25.9 Å². The molecule has 2 rings (SSSR count). The Morgan fingerprint density at radius 2 is 1.94 bits per heavy atom. The second-order valence-electron chi connectivity index (χ2n) is 5.26. The number of rotatable bonds is 3. The fourth-order valence-corrected chi connectivity index (χ4v) is 2.74. The van der Waals surface area contributed by atoms with Crippen LogP contribution in [0.3, 0.4) is 0 Å². The van der Waals surface area contributed by atoms with Crippen molar-refractivity contribution in [2.24, 2.45) is 5.41 Å². The minimum atomic E-state index is 0.0697. The largest absolute Gasteiger partial charge is 0.396 e. The van der Waals surface area contributed by atoms with Gasteiger partial charge in [-0.25, -0.2) is 0 Å².